The average Bonchev–Trinajstić information content (AvgIpc) is 2.47. The number of halogens is 2. The van der Waals surface area contributed by atoms with Crippen LogP contribution in [0.5, 0.6) is 0 Å². The maximum absolute atomic E-state index is 11.7. The predicted octanol–water partition coefficient (Wildman–Crippen LogP) is 3.43. The van der Waals surface area contributed by atoms with Gasteiger partial charge in [0, 0.05) is 35.5 Å². The van der Waals surface area contributed by atoms with E-state index in [9.17, 15) is 4.79 Å². The van der Waals surface area contributed by atoms with Gasteiger partial charge in [0.15, 0.2) is 0 Å². The minimum absolute atomic E-state index is 0.232. The summed E-state index contributed by atoms with van der Waals surface area (Å²) in [4.78, 5) is 15.7. The van der Waals surface area contributed by atoms with Crippen LogP contribution >= 0.6 is 23.2 Å². The number of hydrogen-bond acceptors (Lipinski definition) is 2. The Kier molecular flexibility index (Phi) is 5.84. The zero-order valence-electron chi connectivity index (χ0n) is 11.3. The molecule has 0 saturated carbocycles. The van der Waals surface area contributed by atoms with E-state index in [1.165, 1.54) is 0 Å². The fourth-order valence-electron chi connectivity index (χ4n) is 1.77. The third-order valence-corrected chi connectivity index (χ3v) is 3.46. The summed E-state index contributed by atoms with van der Waals surface area (Å²) < 4.78 is 0. The molecule has 0 radical (unpaired) electrons. The average molecular weight is 324 g/mol. The normalized spacial score (nSPS) is 10.2. The number of nitrogens with one attached hydrogen (secondary N) is 2. The summed E-state index contributed by atoms with van der Waals surface area (Å²) in [5.41, 5.74) is 1.90. The van der Waals surface area contributed by atoms with E-state index in [2.05, 4.69) is 15.6 Å². The lowest BCUT2D eigenvalue weighted by Crippen LogP contribution is -2.36. The summed E-state index contributed by atoms with van der Waals surface area (Å²) in [7, 11) is 0. The van der Waals surface area contributed by atoms with Crippen molar-refractivity contribution in [2.24, 2.45) is 0 Å². The SMILES string of the molecule is O=C(NCCc1cccnc1)NCc1ccc(Cl)cc1Cl. The van der Waals surface area contributed by atoms with E-state index >= 15 is 0 Å². The molecule has 1 aromatic heterocycles. The monoisotopic (exact) mass is 323 g/mol. The number of aromatic nitrogens is 1. The van der Waals surface area contributed by atoms with Crippen molar-refractivity contribution in [3.05, 3.63) is 63.9 Å². The molecule has 2 aromatic rings. The molecule has 0 bridgehead atoms. The van der Waals surface area contributed by atoms with Gasteiger partial charge in [0.1, 0.15) is 0 Å². The Hall–Kier alpha value is -1.78. The Morgan fingerprint density at radius 1 is 1.19 bits per heavy atom. The van der Waals surface area contributed by atoms with Gasteiger partial charge in [0.2, 0.25) is 0 Å². The summed E-state index contributed by atoms with van der Waals surface area (Å²) >= 11 is 11.9. The molecule has 0 spiro atoms. The molecule has 2 rings (SSSR count). The highest BCUT2D eigenvalue weighted by molar-refractivity contribution is 6.35. The maximum Gasteiger partial charge on any atom is 0.315 e. The Morgan fingerprint density at radius 3 is 2.76 bits per heavy atom. The number of hydrogen-bond donors (Lipinski definition) is 2. The minimum atomic E-state index is -0.232. The first-order valence-electron chi connectivity index (χ1n) is 6.49. The molecule has 1 heterocycles. The van der Waals surface area contributed by atoms with Crippen LogP contribution < -0.4 is 10.6 Å². The molecule has 0 atom stereocenters. The minimum Gasteiger partial charge on any atom is -0.338 e. The van der Waals surface area contributed by atoms with Crippen molar-refractivity contribution in [3.8, 4) is 0 Å². The fraction of sp³-hybridized carbons (Fsp3) is 0.200. The van der Waals surface area contributed by atoms with Crippen LogP contribution in [0.15, 0.2) is 42.7 Å². The summed E-state index contributed by atoms with van der Waals surface area (Å²) in [6.07, 6.45) is 4.25. The molecule has 0 unspecified atom stereocenters. The van der Waals surface area contributed by atoms with Crippen molar-refractivity contribution < 1.29 is 4.79 Å². The molecule has 0 fully saturated rings. The van der Waals surface area contributed by atoms with Crippen LogP contribution in [-0.2, 0) is 13.0 Å². The van der Waals surface area contributed by atoms with Crippen LogP contribution in [-0.4, -0.2) is 17.6 Å². The zero-order chi connectivity index (χ0) is 15.1. The number of nitrogens with zero attached hydrogens (tertiary/aromatic N) is 1. The molecule has 0 aliphatic heterocycles. The number of amides is 2. The second-order valence-electron chi connectivity index (χ2n) is 4.46. The van der Waals surface area contributed by atoms with E-state index in [1.807, 2.05) is 12.1 Å². The predicted molar refractivity (Wildman–Crippen MR) is 84.6 cm³/mol. The van der Waals surface area contributed by atoms with Crippen molar-refractivity contribution in [3.63, 3.8) is 0 Å². The first-order chi connectivity index (χ1) is 10.1. The highest BCUT2D eigenvalue weighted by Crippen LogP contribution is 2.20. The zero-order valence-corrected chi connectivity index (χ0v) is 12.8. The number of benzene rings is 1. The van der Waals surface area contributed by atoms with Crippen LogP contribution in [0.25, 0.3) is 0 Å². The first kappa shape index (κ1) is 15.6. The van der Waals surface area contributed by atoms with Crippen LogP contribution in [0.4, 0.5) is 4.79 Å². The lowest BCUT2D eigenvalue weighted by Gasteiger charge is -2.09. The lowest BCUT2D eigenvalue weighted by molar-refractivity contribution is 0.240. The smallest absolute Gasteiger partial charge is 0.315 e. The molecule has 2 amide bonds. The van der Waals surface area contributed by atoms with Crippen LogP contribution in [0, 0.1) is 0 Å². The van der Waals surface area contributed by atoms with E-state index in [4.69, 9.17) is 23.2 Å². The summed E-state index contributed by atoms with van der Waals surface area (Å²) in [5, 5.41) is 6.65. The number of urea groups is 1. The topological polar surface area (TPSA) is 54.0 Å². The number of carbonyl (C=O) groups excluding carboxylic acids is 1. The van der Waals surface area contributed by atoms with Crippen molar-refractivity contribution in [2.75, 3.05) is 6.54 Å². The van der Waals surface area contributed by atoms with Gasteiger partial charge in [-0.25, -0.2) is 4.79 Å². The molecular formula is C15H15Cl2N3O. The third-order valence-electron chi connectivity index (χ3n) is 2.88. The molecule has 6 heteroatoms. The summed E-state index contributed by atoms with van der Waals surface area (Å²) in [6, 6.07) is 8.80. The van der Waals surface area contributed by atoms with Crippen LogP contribution in [0.3, 0.4) is 0 Å². The molecular weight excluding hydrogens is 309 g/mol. The van der Waals surface area contributed by atoms with Crippen molar-refractivity contribution in [1.82, 2.24) is 15.6 Å². The van der Waals surface area contributed by atoms with Gasteiger partial charge < -0.3 is 10.6 Å². The molecule has 21 heavy (non-hydrogen) atoms. The quantitative estimate of drug-likeness (QED) is 0.885. The van der Waals surface area contributed by atoms with Gasteiger partial charge in [-0.15, -0.1) is 0 Å². The molecule has 0 saturated heterocycles. The molecule has 0 aliphatic carbocycles. The first-order valence-corrected chi connectivity index (χ1v) is 7.25. The van der Waals surface area contributed by atoms with Crippen LogP contribution in [0.1, 0.15) is 11.1 Å². The highest BCUT2D eigenvalue weighted by atomic mass is 35.5. The van der Waals surface area contributed by atoms with E-state index in [-0.39, 0.29) is 6.03 Å². The summed E-state index contributed by atoms with van der Waals surface area (Å²) in [6.45, 7) is 0.903. The van der Waals surface area contributed by atoms with Gasteiger partial charge in [-0.3, -0.25) is 4.98 Å². The summed E-state index contributed by atoms with van der Waals surface area (Å²) in [5.74, 6) is 0. The standard InChI is InChI=1S/C15H15Cl2N3O/c16-13-4-3-12(14(17)8-13)10-20-15(21)19-7-5-11-2-1-6-18-9-11/h1-4,6,8-9H,5,7,10H2,(H2,19,20,21). The van der Waals surface area contributed by atoms with E-state index in [0.717, 1.165) is 17.5 Å². The van der Waals surface area contributed by atoms with Crippen LogP contribution in [0.2, 0.25) is 10.0 Å². The van der Waals surface area contributed by atoms with E-state index in [1.54, 1.807) is 30.6 Å². The molecule has 4 nitrogen and oxygen atoms in total. The van der Waals surface area contributed by atoms with Crippen molar-refractivity contribution >= 4 is 29.2 Å². The molecule has 2 N–H and O–H groups in total. The number of rotatable bonds is 5. The second-order valence-corrected chi connectivity index (χ2v) is 5.30. The Labute approximate surface area is 133 Å². The molecule has 1 aromatic carbocycles. The van der Waals surface area contributed by atoms with Gasteiger partial charge in [-0.05, 0) is 35.7 Å². The van der Waals surface area contributed by atoms with E-state index < -0.39 is 0 Å². The maximum atomic E-state index is 11.7. The fourth-order valence-corrected chi connectivity index (χ4v) is 2.24. The largest absolute Gasteiger partial charge is 0.338 e. The lowest BCUT2D eigenvalue weighted by atomic mass is 10.2. The number of pyridine rings is 1. The molecule has 0 aliphatic rings. The van der Waals surface area contributed by atoms with Gasteiger partial charge in [-0.2, -0.15) is 0 Å². The second kappa shape index (κ2) is 7.86. The van der Waals surface area contributed by atoms with Gasteiger partial charge >= 0.3 is 6.03 Å². The van der Waals surface area contributed by atoms with Gasteiger partial charge in [0.25, 0.3) is 0 Å². The highest BCUT2D eigenvalue weighted by Gasteiger charge is 2.04. The van der Waals surface area contributed by atoms with E-state index in [0.29, 0.717) is 23.1 Å². The molecule has 110 valence electrons. The van der Waals surface area contributed by atoms with Gasteiger partial charge in [0.05, 0.1) is 0 Å². The van der Waals surface area contributed by atoms with Crippen molar-refractivity contribution in [1.29, 1.82) is 0 Å². The Balaban J connectivity index is 1.72. The van der Waals surface area contributed by atoms with Crippen molar-refractivity contribution in [2.45, 2.75) is 13.0 Å². The Bertz CT molecular complexity index is 605. The van der Waals surface area contributed by atoms with Gasteiger partial charge in [-0.1, -0.05) is 35.3 Å². The Morgan fingerprint density at radius 2 is 2.05 bits per heavy atom. The third kappa shape index (κ3) is 5.25. The number of carbonyl (C=O) groups is 1.